The average molecular weight is 344 g/mol. The van der Waals surface area contributed by atoms with Crippen molar-refractivity contribution in [1.29, 1.82) is 0 Å². The third-order valence-corrected chi connectivity index (χ3v) is 4.91. The van der Waals surface area contributed by atoms with Crippen molar-refractivity contribution in [2.24, 2.45) is 11.8 Å². The molecule has 26 heavy (non-hydrogen) atoms. The normalized spacial score (nSPS) is 19.1. The average Bonchev–Trinajstić information content (AvgIpc) is 2.68. The van der Waals surface area contributed by atoms with Gasteiger partial charge in [-0.1, -0.05) is 35.6 Å². The fraction of sp³-hybridized carbons (Fsp3) is 0.292. The molecule has 1 saturated carbocycles. The SMILES string of the molecule is C=CC1CCC(C(=O)Oc2ccc(C#Cc3ccc(C)cc3)cc2)CC1. The van der Waals surface area contributed by atoms with Crippen LogP contribution in [0.5, 0.6) is 5.75 Å². The number of carbonyl (C=O) groups is 1. The molecule has 0 atom stereocenters. The first kappa shape index (κ1) is 18.0. The lowest BCUT2D eigenvalue weighted by atomic mass is 9.82. The summed E-state index contributed by atoms with van der Waals surface area (Å²) in [4.78, 5) is 12.3. The second-order valence-electron chi connectivity index (χ2n) is 6.91. The Morgan fingerprint density at radius 2 is 1.50 bits per heavy atom. The molecule has 0 N–H and O–H groups in total. The molecule has 0 radical (unpaired) electrons. The molecule has 0 bridgehead atoms. The summed E-state index contributed by atoms with van der Waals surface area (Å²) in [5.41, 5.74) is 3.11. The zero-order valence-electron chi connectivity index (χ0n) is 15.2. The van der Waals surface area contributed by atoms with Crippen LogP contribution in [-0.4, -0.2) is 5.97 Å². The van der Waals surface area contributed by atoms with Crippen molar-refractivity contribution in [3.05, 3.63) is 77.9 Å². The van der Waals surface area contributed by atoms with Crippen molar-refractivity contribution in [2.75, 3.05) is 0 Å². The molecule has 0 saturated heterocycles. The molecule has 1 aliphatic carbocycles. The van der Waals surface area contributed by atoms with Crippen LogP contribution < -0.4 is 4.74 Å². The van der Waals surface area contributed by atoms with Crippen molar-refractivity contribution >= 4 is 5.97 Å². The zero-order chi connectivity index (χ0) is 18.4. The molecule has 1 aliphatic rings. The second kappa shape index (κ2) is 8.54. The molecule has 132 valence electrons. The van der Waals surface area contributed by atoms with Gasteiger partial charge in [0.2, 0.25) is 0 Å². The molecular formula is C24H24O2. The quantitative estimate of drug-likeness (QED) is 0.327. The summed E-state index contributed by atoms with van der Waals surface area (Å²) in [5.74, 6) is 7.30. The van der Waals surface area contributed by atoms with E-state index in [1.54, 1.807) is 0 Å². The van der Waals surface area contributed by atoms with Crippen molar-refractivity contribution in [2.45, 2.75) is 32.6 Å². The van der Waals surface area contributed by atoms with Gasteiger partial charge in [0, 0.05) is 11.1 Å². The minimum Gasteiger partial charge on any atom is -0.426 e. The lowest BCUT2D eigenvalue weighted by Gasteiger charge is -2.24. The van der Waals surface area contributed by atoms with Crippen LogP contribution in [0.15, 0.2) is 61.2 Å². The van der Waals surface area contributed by atoms with Crippen LogP contribution in [0.1, 0.15) is 42.4 Å². The van der Waals surface area contributed by atoms with Gasteiger partial charge in [0.1, 0.15) is 5.75 Å². The van der Waals surface area contributed by atoms with Gasteiger partial charge in [-0.05, 0) is 74.9 Å². The van der Waals surface area contributed by atoms with Crippen LogP contribution in [0, 0.1) is 30.6 Å². The standard InChI is InChI=1S/C24H24O2/c1-3-19-10-14-22(15-11-19)24(25)26-23-16-12-21(13-17-23)9-8-20-6-4-18(2)5-7-20/h3-7,12-13,16-17,19,22H,1,10-11,14-15H2,2H3. The zero-order valence-corrected chi connectivity index (χ0v) is 15.2. The minimum absolute atomic E-state index is 0.00667. The van der Waals surface area contributed by atoms with Gasteiger partial charge in [-0.2, -0.15) is 0 Å². The molecule has 3 rings (SSSR count). The molecule has 0 heterocycles. The predicted octanol–water partition coefficient (Wildman–Crippen LogP) is 5.29. The highest BCUT2D eigenvalue weighted by Crippen LogP contribution is 2.30. The molecule has 0 spiro atoms. The summed E-state index contributed by atoms with van der Waals surface area (Å²) in [6, 6.07) is 15.5. The molecule has 2 nitrogen and oxygen atoms in total. The van der Waals surface area contributed by atoms with Gasteiger partial charge in [-0.25, -0.2) is 0 Å². The van der Waals surface area contributed by atoms with Gasteiger partial charge in [-0.15, -0.1) is 6.58 Å². The molecule has 2 aromatic carbocycles. The largest absolute Gasteiger partial charge is 0.426 e. The van der Waals surface area contributed by atoms with E-state index in [0.29, 0.717) is 11.7 Å². The fourth-order valence-corrected chi connectivity index (χ4v) is 3.18. The highest BCUT2D eigenvalue weighted by atomic mass is 16.5. The van der Waals surface area contributed by atoms with Gasteiger partial charge in [0.05, 0.1) is 5.92 Å². The monoisotopic (exact) mass is 344 g/mol. The van der Waals surface area contributed by atoms with Crippen LogP contribution >= 0.6 is 0 Å². The van der Waals surface area contributed by atoms with Gasteiger partial charge < -0.3 is 4.74 Å². The van der Waals surface area contributed by atoms with Crippen molar-refractivity contribution in [3.63, 3.8) is 0 Å². The number of hydrogen-bond donors (Lipinski definition) is 0. The summed E-state index contributed by atoms with van der Waals surface area (Å²) in [6.45, 7) is 5.90. The maximum Gasteiger partial charge on any atom is 0.314 e. The Morgan fingerprint density at radius 3 is 2.04 bits per heavy atom. The van der Waals surface area contributed by atoms with Gasteiger partial charge in [0.25, 0.3) is 0 Å². The van der Waals surface area contributed by atoms with Gasteiger partial charge >= 0.3 is 5.97 Å². The van der Waals surface area contributed by atoms with E-state index in [1.807, 2.05) is 42.5 Å². The molecule has 0 aromatic heterocycles. The predicted molar refractivity (Wildman–Crippen MR) is 105 cm³/mol. The Hall–Kier alpha value is -2.79. The maximum absolute atomic E-state index is 12.3. The van der Waals surface area contributed by atoms with Crippen LogP contribution in [0.25, 0.3) is 0 Å². The van der Waals surface area contributed by atoms with Gasteiger partial charge in [0.15, 0.2) is 0 Å². The molecule has 0 unspecified atom stereocenters. The number of benzene rings is 2. The Labute approximate surface area is 155 Å². The topological polar surface area (TPSA) is 26.3 Å². The van der Waals surface area contributed by atoms with Crippen molar-refractivity contribution in [1.82, 2.24) is 0 Å². The van der Waals surface area contributed by atoms with Gasteiger partial charge in [-0.3, -0.25) is 4.79 Å². The minimum atomic E-state index is -0.119. The van der Waals surface area contributed by atoms with E-state index in [2.05, 4.69) is 37.5 Å². The van der Waals surface area contributed by atoms with E-state index >= 15 is 0 Å². The maximum atomic E-state index is 12.3. The van der Waals surface area contributed by atoms with Crippen molar-refractivity contribution < 1.29 is 9.53 Å². The number of rotatable bonds is 3. The molecule has 2 heteroatoms. The van der Waals surface area contributed by atoms with E-state index in [1.165, 1.54) is 5.56 Å². The highest BCUT2D eigenvalue weighted by Gasteiger charge is 2.26. The third kappa shape index (κ3) is 4.86. The molecule has 1 fully saturated rings. The first-order valence-electron chi connectivity index (χ1n) is 9.17. The Kier molecular flexibility index (Phi) is 5.92. The summed E-state index contributed by atoms with van der Waals surface area (Å²) in [6.07, 6.45) is 5.82. The summed E-state index contributed by atoms with van der Waals surface area (Å²) >= 11 is 0. The van der Waals surface area contributed by atoms with E-state index in [0.717, 1.165) is 36.8 Å². The first-order chi connectivity index (χ1) is 12.6. The third-order valence-electron chi connectivity index (χ3n) is 4.91. The second-order valence-corrected chi connectivity index (χ2v) is 6.91. The summed E-state index contributed by atoms with van der Waals surface area (Å²) < 4.78 is 5.54. The van der Waals surface area contributed by atoms with E-state index in [9.17, 15) is 4.79 Å². The number of carbonyl (C=O) groups excluding carboxylic acids is 1. The van der Waals surface area contributed by atoms with Crippen LogP contribution in [-0.2, 0) is 4.79 Å². The summed E-state index contributed by atoms with van der Waals surface area (Å²) in [7, 11) is 0. The van der Waals surface area contributed by atoms with E-state index in [-0.39, 0.29) is 11.9 Å². The Balaban J connectivity index is 1.57. The Morgan fingerprint density at radius 1 is 0.962 bits per heavy atom. The van der Waals surface area contributed by atoms with E-state index < -0.39 is 0 Å². The fourth-order valence-electron chi connectivity index (χ4n) is 3.18. The lowest BCUT2D eigenvalue weighted by molar-refractivity contribution is -0.140. The molecule has 0 amide bonds. The number of esters is 1. The number of allylic oxidation sites excluding steroid dienone is 1. The molecule has 2 aromatic rings. The number of hydrogen-bond acceptors (Lipinski definition) is 2. The van der Waals surface area contributed by atoms with Crippen LogP contribution in [0.3, 0.4) is 0 Å². The van der Waals surface area contributed by atoms with E-state index in [4.69, 9.17) is 4.74 Å². The van der Waals surface area contributed by atoms with Crippen molar-refractivity contribution in [3.8, 4) is 17.6 Å². The first-order valence-corrected chi connectivity index (χ1v) is 9.17. The summed E-state index contributed by atoms with van der Waals surface area (Å²) in [5, 5.41) is 0. The van der Waals surface area contributed by atoms with Crippen LogP contribution in [0.2, 0.25) is 0 Å². The number of ether oxygens (including phenoxy) is 1. The molecular weight excluding hydrogens is 320 g/mol. The van der Waals surface area contributed by atoms with Crippen LogP contribution in [0.4, 0.5) is 0 Å². The highest BCUT2D eigenvalue weighted by molar-refractivity contribution is 5.75. The smallest absolute Gasteiger partial charge is 0.314 e. The lowest BCUT2D eigenvalue weighted by Crippen LogP contribution is -2.25. The Bertz CT molecular complexity index is 811. The molecule has 0 aliphatic heterocycles. The number of aryl methyl sites for hydroxylation is 1.